The van der Waals surface area contributed by atoms with Gasteiger partial charge in [0.05, 0.1) is 26.4 Å². The molecule has 4 rings (SSSR count). The topological polar surface area (TPSA) is 71.1 Å². The van der Waals surface area contributed by atoms with Crippen LogP contribution in [0.4, 0.5) is 0 Å². The largest absolute Gasteiger partial charge is 0.469 e. The molecule has 2 aliphatic heterocycles. The van der Waals surface area contributed by atoms with E-state index >= 15 is 0 Å². The summed E-state index contributed by atoms with van der Waals surface area (Å²) in [6.45, 7) is 11.3. The Hall–Kier alpha value is -1.18. The highest BCUT2D eigenvalue weighted by Gasteiger charge is 2.72. The van der Waals surface area contributed by atoms with Gasteiger partial charge >= 0.3 is 11.9 Å². The third-order valence-electron chi connectivity index (χ3n) is 8.81. The van der Waals surface area contributed by atoms with Crippen LogP contribution in [0, 0.1) is 23.7 Å². The molecule has 0 unspecified atom stereocenters. The lowest BCUT2D eigenvalue weighted by Crippen LogP contribution is -2.61. The third-order valence-corrected chi connectivity index (χ3v) is 13.3. The number of esters is 2. The van der Waals surface area contributed by atoms with Crippen LogP contribution in [-0.2, 0) is 28.2 Å². The standard InChI is InChI=1S/C24H38O6Si/c1-23(2,3)31(6,7)30-16-10-8-9-14-11-12-15-13-17-18(21(25)27-4)20(22(26)28-5)24(15,29-17)19(14)16/h13-14,16-20H,8-12H2,1-7H3/t14-,16-,17+,18+,19+,20-,24+/m1/s1. The molecule has 0 radical (unpaired) electrons. The van der Waals surface area contributed by atoms with Crippen molar-refractivity contribution in [2.75, 3.05) is 14.2 Å². The van der Waals surface area contributed by atoms with E-state index in [2.05, 4.69) is 39.9 Å². The fraction of sp³-hybridized carbons (Fsp3) is 0.833. The van der Waals surface area contributed by atoms with Crippen LogP contribution in [0.25, 0.3) is 0 Å². The van der Waals surface area contributed by atoms with Crippen LogP contribution < -0.4 is 0 Å². The Morgan fingerprint density at radius 1 is 1.10 bits per heavy atom. The van der Waals surface area contributed by atoms with Gasteiger partial charge in [-0.2, -0.15) is 0 Å². The van der Waals surface area contributed by atoms with Crippen LogP contribution in [0.2, 0.25) is 18.1 Å². The normalized spacial score (nSPS) is 39.4. The Morgan fingerprint density at radius 3 is 2.39 bits per heavy atom. The third kappa shape index (κ3) is 3.34. The number of hydrogen-bond donors (Lipinski definition) is 0. The summed E-state index contributed by atoms with van der Waals surface area (Å²) in [5, 5.41) is 0.0932. The second-order valence-corrected chi connectivity index (χ2v) is 16.0. The summed E-state index contributed by atoms with van der Waals surface area (Å²) < 4.78 is 24.0. The number of fused-ring (bicyclic) bond motifs is 2. The van der Waals surface area contributed by atoms with Crippen molar-refractivity contribution in [2.24, 2.45) is 23.7 Å². The SMILES string of the molecule is COC(=O)[C@H]1[C@@H]2C=C3CC[C@H]4CCC[C@@H](O[Si](C)(C)C(C)(C)C)[C@H]4[C@]3(O2)[C@H]1C(=O)OC. The van der Waals surface area contributed by atoms with Crippen LogP contribution in [0.3, 0.4) is 0 Å². The molecule has 31 heavy (non-hydrogen) atoms. The Kier molecular flexibility index (Phi) is 5.71. The van der Waals surface area contributed by atoms with Crippen molar-refractivity contribution in [3.05, 3.63) is 11.6 Å². The summed E-state index contributed by atoms with van der Waals surface area (Å²) in [5.41, 5.74) is 0.354. The number of ether oxygens (including phenoxy) is 3. The number of carbonyl (C=O) groups is 2. The van der Waals surface area contributed by atoms with E-state index in [1.54, 1.807) is 0 Å². The monoisotopic (exact) mass is 450 g/mol. The van der Waals surface area contributed by atoms with E-state index in [0.29, 0.717) is 5.92 Å². The van der Waals surface area contributed by atoms with Crippen molar-refractivity contribution in [1.82, 2.24) is 0 Å². The molecule has 174 valence electrons. The molecule has 3 fully saturated rings. The molecule has 0 aromatic rings. The Labute approximate surface area is 187 Å². The van der Waals surface area contributed by atoms with Crippen LogP contribution in [-0.4, -0.2) is 52.3 Å². The molecule has 1 saturated heterocycles. The van der Waals surface area contributed by atoms with Gasteiger partial charge in [0, 0.05) is 5.92 Å². The lowest BCUT2D eigenvalue weighted by atomic mass is 9.54. The number of rotatable bonds is 4. The van der Waals surface area contributed by atoms with Gasteiger partial charge in [0.15, 0.2) is 8.32 Å². The first kappa shape index (κ1) is 23.0. The highest BCUT2D eigenvalue weighted by atomic mass is 28.4. The second-order valence-electron chi connectivity index (χ2n) is 11.3. The molecule has 0 amide bonds. The second kappa shape index (κ2) is 7.70. The smallest absolute Gasteiger partial charge is 0.312 e. The zero-order valence-electron chi connectivity index (χ0n) is 20.0. The molecule has 7 heteroatoms. The van der Waals surface area contributed by atoms with Crippen LogP contribution in [0.1, 0.15) is 52.9 Å². The van der Waals surface area contributed by atoms with E-state index < -0.39 is 37.8 Å². The Morgan fingerprint density at radius 2 is 1.77 bits per heavy atom. The molecule has 2 heterocycles. The zero-order chi connectivity index (χ0) is 22.8. The minimum Gasteiger partial charge on any atom is -0.469 e. The molecule has 0 aromatic carbocycles. The van der Waals surface area contributed by atoms with Gasteiger partial charge in [-0.1, -0.05) is 33.3 Å². The maximum absolute atomic E-state index is 13.1. The number of carbonyl (C=O) groups excluding carboxylic acids is 2. The van der Waals surface area contributed by atoms with Crippen molar-refractivity contribution in [3.63, 3.8) is 0 Å². The first-order valence-electron chi connectivity index (χ1n) is 11.7. The van der Waals surface area contributed by atoms with Gasteiger partial charge in [-0.25, -0.2) is 0 Å². The van der Waals surface area contributed by atoms with Crippen molar-refractivity contribution in [3.8, 4) is 0 Å². The van der Waals surface area contributed by atoms with Gasteiger partial charge < -0.3 is 18.6 Å². The van der Waals surface area contributed by atoms with E-state index in [1.807, 2.05) is 0 Å². The quantitative estimate of drug-likeness (QED) is 0.362. The van der Waals surface area contributed by atoms with Crippen molar-refractivity contribution < 1.29 is 28.2 Å². The average molecular weight is 451 g/mol. The van der Waals surface area contributed by atoms with Gasteiger partial charge in [-0.15, -0.1) is 0 Å². The minimum atomic E-state index is -2.03. The van der Waals surface area contributed by atoms with E-state index in [9.17, 15) is 9.59 Å². The van der Waals surface area contributed by atoms with E-state index in [0.717, 1.165) is 32.1 Å². The minimum absolute atomic E-state index is 0.0191. The van der Waals surface area contributed by atoms with Crippen LogP contribution in [0.5, 0.6) is 0 Å². The van der Waals surface area contributed by atoms with Crippen molar-refractivity contribution in [2.45, 2.75) is 88.8 Å². The molecule has 0 aromatic heterocycles. The Bertz CT molecular complexity index is 783. The van der Waals surface area contributed by atoms with Gasteiger partial charge in [0.2, 0.25) is 0 Å². The molecule has 4 aliphatic rings. The Balaban J connectivity index is 1.79. The van der Waals surface area contributed by atoms with Gasteiger partial charge in [-0.05, 0) is 55.3 Å². The lowest BCUT2D eigenvalue weighted by molar-refractivity contribution is -0.168. The molecular formula is C24H38O6Si. The molecule has 7 atom stereocenters. The van der Waals surface area contributed by atoms with E-state index in [4.69, 9.17) is 18.6 Å². The fourth-order valence-electron chi connectivity index (χ4n) is 6.43. The zero-order valence-corrected chi connectivity index (χ0v) is 21.0. The maximum atomic E-state index is 13.1. The van der Waals surface area contributed by atoms with Gasteiger partial charge in [0.1, 0.15) is 17.4 Å². The average Bonchev–Trinajstić information content (AvgIpc) is 3.24. The summed E-state index contributed by atoms with van der Waals surface area (Å²) in [4.78, 5) is 25.9. The molecule has 1 spiro atoms. The number of hydrogen-bond acceptors (Lipinski definition) is 6. The van der Waals surface area contributed by atoms with E-state index in [1.165, 1.54) is 19.8 Å². The molecule has 2 bridgehead atoms. The molecule has 6 nitrogen and oxygen atoms in total. The van der Waals surface area contributed by atoms with Crippen molar-refractivity contribution in [1.29, 1.82) is 0 Å². The predicted octanol–water partition coefficient (Wildman–Crippen LogP) is 4.24. The summed E-state index contributed by atoms with van der Waals surface area (Å²) in [6, 6.07) is 0. The summed E-state index contributed by atoms with van der Waals surface area (Å²) in [5.74, 6) is -1.63. The fourth-order valence-corrected chi connectivity index (χ4v) is 7.80. The molecule has 2 aliphatic carbocycles. The van der Waals surface area contributed by atoms with Gasteiger partial charge in [0.25, 0.3) is 0 Å². The summed E-state index contributed by atoms with van der Waals surface area (Å²) >= 11 is 0. The lowest BCUT2D eigenvalue weighted by Gasteiger charge is -2.55. The highest BCUT2D eigenvalue weighted by molar-refractivity contribution is 6.74. The molecule has 0 N–H and O–H groups in total. The summed E-state index contributed by atoms with van der Waals surface area (Å²) in [7, 11) is 0.739. The number of methoxy groups -OCH3 is 2. The van der Waals surface area contributed by atoms with Crippen LogP contribution in [0.15, 0.2) is 11.6 Å². The molecule has 2 saturated carbocycles. The molecular weight excluding hydrogens is 412 g/mol. The summed E-state index contributed by atoms with van der Waals surface area (Å²) in [6.07, 6.45) is 6.88. The van der Waals surface area contributed by atoms with Gasteiger partial charge in [-0.3, -0.25) is 9.59 Å². The first-order valence-corrected chi connectivity index (χ1v) is 14.6. The maximum Gasteiger partial charge on any atom is 0.312 e. The highest BCUT2D eigenvalue weighted by Crippen LogP contribution is 2.64. The van der Waals surface area contributed by atoms with E-state index in [-0.39, 0.29) is 23.0 Å². The predicted molar refractivity (Wildman–Crippen MR) is 119 cm³/mol. The van der Waals surface area contributed by atoms with Crippen molar-refractivity contribution >= 4 is 20.3 Å². The van der Waals surface area contributed by atoms with Crippen LogP contribution >= 0.6 is 0 Å². The first-order chi connectivity index (χ1) is 14.5.